The van der Waals surface area contributed by atoms with Crippen molar-refractivity contribution in [2.24, 2.45) is 0 Å². The quantitative estimate of drug-likeness (QED) is 0.785. The lowest BCUT2D eigenvalue weighted by Gasteiger charge is -2.10. The first-order valence-electron chi connectivity index (χ1n) is 4.93. The zero-order valence-electron chi connectivity index (χ0n) is 8.43. The van der Waals surface area contributed by atoms with Gasteiger partial charge in [-0.2, -0.15) is 0 Å². The van der Waals surface area contributed by atoms with Gasteiger partial charge in [0.15, 0.2) is 0 Å². The Balaban J connectivity index is 2.13. The molecule has 1 fully saturated rings. The second-order valence-corrected chi connectivity index (χ2v) is 5.22. The standard InChI is InChI=1S/C11H12Br2O2/c1-2-7-3-9(12)11(10(13)4-7)15-6-8-5-14-8/h3-4,8H,2,5-6H2,1H3. The predicted octanol–water partition coefficient (Wildman–Crippen LogP) is 3.55. The highest BCUT2D eigenvalue weighted by molar-refractivity contribution is 9.11. The van der Waals surface area contributed by atoms with Crippen LogP contribution in [0.2, 0.25) is 0 Å². The molecule has 0 N–H and O–H groups in total. The normalized spacial score (nSPS) is 19.0. The molecular weight excluding hydrogens is 324 g/mol. The summed E-state index contributed by atoms with van der Waals surface area (Å²) in [4.78, 5) is 0. The predicted molar refractivity (Wildman–Crippen MR) is 66.5 cm³/mol. The first kappa shape index (κ1) is 11.4. The van der Waals surface area contributed by atoms with Crippen molar-refractivity contribution < 1.29 is 9.47 Å². The number of hydrogen-bond donors (Lipinski definition) is 0. The molecule has 1 saturated heterocycles. The fourth-order valence-corrected chi connectivity index (χ4v) is 2.81. The van der Waals surface area contributed by atoms with E-state index in [9.17, 15) is 0 Å². The highest BCUT2D eigenvalue weighted by atomic mass is 79.9. The highest BCUT2D eigenvalue weighted by Crippen LogP contribution is 2.35. The van der Waals surface area contributed by atoms with Crippen molar-refractivity contribution >= 4 is 31.9 Å². The summed E-state index contributed by atoms with van der Waals surface area (Å²) < 4.78 is 12.8. The van der Waals surface area contributed by atoms with E-state index >= 15 is 0 Å². The maximum atomic E-state index is 5.67. The summed E-state index contributed by atoms with van der Waals surface area (Å²) in [6, 6.07) is 4.18. The van der Waals surface area contributed by atoms with Crippen molar-refractivity contribution in [3.8, 4) is 5.75 Å². The summed E-state index contributed by atoms with van der Waals surface area (Å²) in [7, 11) is 0. The van der Waals surface area contributed by atoms with Crippen molar-refractivity contribution in [2.75, 3.05) is 13.2 Å². The third kappa shape index (κ3) is 2.95. The Morgan fingerprint density at radius 2 is 2.00 bits per heavy atom. The van der Waals surface area contributed by atoms with Crippen LogP contribution in [-0.2, 0) is 11.2 Å². The SMILES string of the molecule is CCc1cc(Br)c(OCC2CO2)c(Br)c1. The van der Waals surface area contributed by atoms with Crippen LogP contribution in [0.1, 0.15) is 12.5 Å². The molecular formula is C11H12Br2O2. The maximum Gasteiger partial charge on any atom is 0.147 e. The van der Waals surface area contributed by atoms with Gasteiger partial charge in [-0.1, -0.05) is 6.92 Å². The number of ether oxygens (including phenoxy) is 2. The van der Waals surface area contributed by atoms with Crippen molar-refractivity contribution in [2.45, 2.75) is 19.4 Å². The Kier molecular flexibility index (Phi) is 3.69. The van der Waals surface area contributed by atoms with E-state index in [1.807, 2.05) is 0 Å². The van der Waals surface area contributed by atoms with Crippen LogP contribution >= 0.6 is 31.9 Å². The Bertz CT molecular complexity index is 339. The van der Waals surface area contributed by atoms with E-state index in [1.54, 1.807) is 0 Å². The molecule has 2 rings (SSSR count). The number of epoxide rings is 1. The van der Waals surface area contributed by atoms with Crippen LogP contribution in [0.25, 0.3) is 0 Å². The van der Waals surface area contributed by atoms with E-state index in [2.05, 4.69) is 50.9 Å². The summed E-state index contributed by atoms with van der Waals surface area (Å²) in [5, 5.41) is 0. The van der Waals surface area contributed by atoms with Gasteiger partial charge in [0.25, 0.3) is 0 Å². The third-order valence-electron chi connectivity index (χ3n) is 2.28. The van der Waals surface area contributed by atoms with Crippen molar-refractivity contribution in [3.63, 3.8) is 0 Å². The Morgan fingerprint density at radius 1 is 1.40 bits per heavy atom. The molecule has 0 radical (unpaired) electrons. The second-order valence-electron chi connectivity index (χ2n) is 3.51. The minimum absolute atomic E-state index is 0.287. The van der Waals surface area contributed by atoms with Crippen LogP contribution in [0, 0.1) is 0 Å². The van der Waals surface area contributed by atoms with E-state index in [0.717, 1.165) is 27.7 Å². The summed E-state index contributed by atoms with van der Waals surface area (Å²) in [6.07, 6.45) is 1.30. The van der Waals surface area contributed by atoms with Crippen molar-refractivity contribution in [1.29, 1.82) is 0 Å². The molecule has 15 heavy (non-hydrogen) atoms. The molecule has 0 bridgehead atoms. The lowest BCUT2D eigenvalue weighted by atomic mass is 10.2. The molecule has 0 aromatic heterocycles. The average molecular weight is 336 g/mol. The first-order chi connectivity index (χ1) is 7.20. The van der Waals surface area contributed by atoms with E-state index in [0.29, 0.717) is 6.61 Å². The van der Waals surface area contributed by atoms with Gasteiger partial charge in [-0.15, -0.1) is 0 Å². The van der Waals surface area contributed by atoms with Gasteiger partial charge in [-0.05, 0) is 56.0 Å². The fourth-order valence-electron chi connectivity index (χ4n) is 1.29. The van der Waals surface area contributed by atoms with Gasteiger partial charge in [0.1, 0.15) is 18.5 Å². The molecule has 1 heterocycles. The molecule has 4 heteroatoms. The van der Waals surface area contributed by atoms with Crippen LogP contribution in [0.5, 0.6) is 5.75 Å². The zero-order chi connectivity index (χ0) is 10.8. The van der Waals surface area contributed by atoms with Crippen molar-refractivity contribution in [3.05, 3.63) is 26.6 Å². The van der Waals surface area contributed by atoms with Crippen molar-refractivity contribution in [1.82, 2.24) is 0 Å². The largest absolute Gasteiger partial charge is 0.488 e. The minimum atomic E-state index is 0.287. The molecule has 0 spiro atoms. The molecule has 1 atom stereocenters. The average Bonchev–Trinajstić information content (AvgIpc) is 3.00. The molecule has 0 aliphatic carbocycles. The maximum absolute atomic E-state index is 5.67. The van der Waals surface area contributed by atoms with E-state index < -0.39 is 0 Å². The first-order valence-corrected chi connectivity index (χ1v) is 6.51. The second kappa shape index (κ2) is 4.85. The van der Waals surface area contributed by atoms with Crippen LogP contribution < -0.4 is 4.74 Å². The van der Waals surface area contributed by atoms with Gasteiger partial charge in [0.2, 0.25) is 0 Å². The van der Waals surface area contributed by atoms with Crippen LogP contribution in [0.15, 0.2) is 21.1 Å². The Morgan fingerprint density at radius 3 is 2.47 bits per heavy atom. The van der Waals surface area contributed by atoms with Crippen LogP contribution in [-0.4, -0.2) is 19.3 Å². The molecule has 1 aromatic carbocycles. The van der Waals surface area contributed by atoms with Gasteiger partial charge < -0.3 is 9.47 Å². The zero-order valence-corrected chi connectivity index (χ0v) is 11.6. The van der Waals surface area contributed by atoms with Gasteiger partial charge in [-0.3, -0.25) is 0 Å². The Hall–Kier alpha value is -0.0600. The lowest BCUT2D eigenvalue weighted by molar-refractivity contribution is 0.260. The highest BCUT2D eigenvalue weighted by Gasteiger charge is 2.24. The summed E-state index contributed by atoms with van der Waals surface area (Å²) in [5.41, 5.74) is 1.28. The van der Waals surface area contributed by atoms with Gasteiger partial charge in [0.05, 0.1) is 15.6 Å². The molecule has 1 aromatic rings. The molecule has 82 valence electrons. The van der Waals surface area contributed by atoms with Gasteiger partial charge in [0, 0.05) is 0 Å². The van der Waals surface area contributed by atoms with Gasteiger partial charge in [-0.25, -0.2) is 0 Å². The lowest BCUT2D eigenvalue weighted by Crippen LogP contribution is -2.05. The molecule has 0 amide bonds. The smallest absolute Gasteiger partial charge is 0.147 e. The summed E-state index contributed by atoms with van der Waals surface area (Å²) in [5.74, 6) is 0.864. The van der Waals surface area contributed by atoms with Crippen LogP contribution in [0.3, 0.4) is 0 Å². The van der Waals surface area contributed by atoms with Crippen LogP contribution in [0.4, 0.5) is 0 Å². The summed E-state index contributed by atoms with van der Waals surface area (Å²) >= 11 is 7.03. The Labute approximate surface area is 106 Å². The fraction of sp³-hybridized carbons (Fsp3) is 0.455. The van der Waals surface area contributed by atoms with E-state index in [1.165, 1.54) is 5.56 Å². The van der Waals surface area contributed by atoms with Gasteiger partial charge >= 0.3 is 0 Å². The minimum Gasteiger partial charge on any atom is -0.488 e. The number of halogens is 2. The number of benzene rings is 1. The molecule has 2 nitrogen and oxygen atoms in total. The molecule has 0 saturated carbocycles. The van der Waals surface area contributed by atoms with E-state index in [-0.39, 0.29) is 6.10 Å². The van der Waals surface area contributed by atoms with E-state index in [4.69, 9.17) is 9.47 Å². The number of aryl methyl sites for hydroxylation is 1. The molecule has 1 aliphatic heterocycles. The number of rotatable bonds is 4. The topological polar surface area (TPSA) is 21.8 Å². The summed E-state index contributed by atoms with van der Waals surface area (Å²) in [6.45, 7) is 3.58. The third-order valence-corrected chi connectivity index (χ3v) is 3.46. The monoisotopic (exact) mass is 334 g/mol. The number of hydrogen-bond acceptors (Lipinski definition) is 2. The molecule has 1 unspecified atom stereocenters. The molecule has 1 aliphatic rings.